The Balaban J connectivity index is 1.98. The molecule has 0 aliphatic rings. The van der Waals surface area contributed by atoms with Crippen LogP contribution in [0.2, 0.25) is 0 Å². The molecule has 0 aromatic heterocycles. The summed E-state index contributed by atoms with van der Waals surface area (Å²) in [6.07, 6.45) is 0. The van der Waals surface area contributed by atoms with E-state index < -0.39 is 15.9 Å². The number of nitrogens with one attached hydrogen (secondary N) is 1. The molecule has 3 aromatic carbocycles. The van der Waals surface area contributed by atoms with Gasteiger partial charge in [-0.2, -0.15) is 0 Å². The number of amides is 1. The fourth-order valence-corrected chi connectivity index (χ4v) is 5.36. The first kappa shape index (κ1) is 25.3. The first-order valence-corrected chi connectivity index (χ1v) is 12.6. The Labute approximate surface area is 202 Å². The van der Waals surface area contributed by atoms with Crippen LogP contribution >= 0.6 is 0 Å². The second-order valence-electron chi connectivity index (χ2n) is 8.65. The van der Waals surface area contributed by atoms with Crippen LogP contribution in [0.15, 0.2) is 65.6 Å². The Kier molecular flexibility index (Phi) is 7.67. The van der Waals surface area contributed by atoms with E-state index in [1.165, 1.54) is 7.11 Å². The smallest absolute Gasteiger partial charge is 0.264 e. The van der Waals surface area contributed by atoms with Crippen molar-refractivity contribution in [3.8, 4) is 5.75 Å². The Bertz CT molecular complexity index is 1280. The summed E-state index contributed by atoms with van der Waals surface area (Å²) in [5.41, 5.74) is 5.30. The third-order valence-electron chi connectivity index (χ3n) is 5.77. The molecule has 0 spiro atoms. The van der Waals surface area contributed by atoms with Crippen molar-refractivity contribution in [3.63, 3.8) is 0 Å². The van der Waals surface area contributed by atoms with Crippen LogP contribution in [0, 0.1) is 27.7 Å². The van der Waals surface area contributed by atoms with E-state index in [2.05, 4.69) is 11.4 Å². The Morgan fingerprint density at radius 1 is 0.912 bits per heavy atom. The number of carbonyl (C=O) groups excluding carboxylic acids is 1. The van der Waals surface area contributed by atoms with E-state index in [-0.39, 0.29) is 17.5 Å². The first-order chi connectivity index (χ1) is 16.0. The van der Waals surface area contributed by atoms with Crippen molar-refractivity contribution < 1.29 is 17.9 Å². The highest BCUT2D eigenvalue weighted by Crippen LogP contribution is 2.33. The van der Waals surface area contributed by atoms with Gasteiger partial charge in [-0.1, -0.05) is 47.5 Å². The summed E-state index contributed by atoms with van der Waals surface area (Å²) in [6, 6.07) is 17.6. The van der Waals surface area contributed by atoms with Gasteiger partial charge < -0.3 is 10.1 Å². The molecule has 3 rings (SSSR count). The largest absolute Gasteiger partial charge is 0.495 e. The SMILES string of the molecule is COc1ccc(C)cc1N(CC(=O)N[C@H](C)c1ccc(C)cc1C)S(=O)(=O)c1ccc(C)cc1. The third-order valence-corrected chi connectivity index (χ3v) is 7.54. The van der Waals surface area contributed by atoms with Crippen LogP contribution in [-0.2, 0) is 14.8 Å². The molecule has 6 nitrogen and oxygen atoms in total. The molecule has 0 heterocycles. The molecule has 3 aromatic rings. The van der Waals surface area contributed by atoms with Gasteiger partial charge in [-0.15, -0.1) is 0 Å². The zero-order chi connectivity index (χ0) is 25.0. The Morgan fingerprint density at radius 2 is 1.50 bits per heavy atom. The van der Waals surface area contributed by atoms with E-state index in [4.69, 9.17) is 4.74 Å². The monoisotopic (exact) mass is 480 g/mol. The summed E-state index contributed by atoms with van der Waals surface area (Å²) in [7, 11) is -2.56. The van der Waals surface area contributed by atoms with E-state index >= 15 is 0 Å². The molecule has 7 heteroatoms. The topological polar surface area (TPSA) is 75.7 Å². The van der Waals surface area contributed by atoms with Gasteiger partial charge in [-0.3, -0.25) is 9.10 Å². The summed E-state index contributed by atoms with van der Waals surface area (Å²) < 4.78 is 34.0. The van der Waals surface area contributed by atoms with Crippen LogP contribution in [0.1, 0.15) is 40.8 Å². The summed E-state index contributed by atoms with van der Waals surface area (Å²) in [5.74, 6) is -0.0387. The molecule has 0 radical (unpaired) electrons. The zero-order valence-corrected chi connectivity index (χ0v) is 21.4. The van der Waals surface area contributed by atoms with E-state index in [9.17, 15) is 13.2 Å². The van der Waals surface area contributed by atoms with Crippen LogP contribution in [0.5, 0.6) is 5.75 Å². The quantitative estimate of drug-likeness (QED) is 0.492. The van der Waals surface area contributed by atoms with Crippen molar-refractivity contribution in [2.75, 3.05) is 18.0 Å². The predicted octanol–water partition coefficient (Wildman–Crippen LogP) is 5.00. The Morgan fingerprint density at radius 3 is 2.12 bits per heavy atom. The maximum atomic E-state index is 13.7. The number of ether oxygens (including phenoxy) is 1. The lowest BCUT2D eigenvalue weighted by atomic mass is 10.0. The molecule has 1 N–H and O–H groups in total. The fraction of sp³-hybridized carbons (Fsp3) is 0.296. The fourth-order valence-electron chi connectivity index (χ4n) is 3.94. The lowest BCUT2D eigenvalue weighted by Gasteiger charge is -2.27. The van der Waals surface area contributed by atoms with E-state index in [1.807, 2.05) is 52.8 Å². The standard InChI is InChI=1S/C27H32N2O4S/c1-18-7-11-23(12-8-18)34(31,32)29(25-16-20(3)10-14-26(25)33-6)17-27(30)28-22(5)24-13-9-19(2)15-21(24)4/h7-16,22H,17H2,1-6H3,(H,28,30)/t22-/m1/s1. The van der Waals surface area contributed by atoms with E-state index in [0.29, 0.717) is 11.4 Å². The number of nitrogens with zero attached hydrogens (tertiary/aromatic N) is 1. The molecule has 0 saturated heterocycles. The molecule has 180 valence electrons. The highest BCUT2D eigenvalue weighted by atomic mass is 32.2. The van der Waals surface area contributed by atoms with Crippen LogP contribution in [0.4, 0.5) is 5.69 Å². The number of benzene rings is 3. The van der Waals surface area contributed by atoms with Gasteiger partial charge in [-0.25, -0.2) is 8.42 Å². The number of hydrogen-bond acceptors (Lipinski definition) is 4. The van der Waals surface area contributed by atoms with Gasteiger partial charge in [0.05, 0.1) is 23.7 Å². The Hall–Kier alpha value is -3.32. The molecule has 0 aliphatic heterocycles. The highest BCUT2D eigenvalue weighted by molar-refractivity contribution is 7.92. The van der Waals surface area contributed by atoms with Crippen LogP contribution in [-0.4, -0.2) is 28.0 Å². The van der Waals surface area contributed by atoms with Crippen LogP contribution < -0.4 is 14.4 Å². The molecule has 0 saturated carbocycles. The minimum absolute atomic E-state index is 0.108. The number of methoxy groups -OCH3 is 1. The number of rotatable bonds is 8. The molecule has 0 aliphatic carbocycles. The van der Waals surface area contributed by atoms with Gasteiger partial charge in [0.15, 0.2) is 0 Å². The van der Waals surface area contributed by atoms with Crippen molar-refractivity contribution in [1.82, 2.24) is 5.32 Å². The van der Waals surface area contributed by atoms with Gasteiger partial charge in [0.2, 0.25) is 5.91 Å². The number of carbonyl (C=O) groups is 1. The van der Waals surface area contributed by atoms with Gasteiger partial charge in [-0.05, 0) is 75.6 Å². The van der Waals surface area contributed by atoms with E-state index in [1.54, 1.807) is 36.4 Å². The van der Waals surface area contributed by atoms with Crippen LogP contribution in [0.3, 0.4) is 0 Å². The summed E-state index contributed by atoms with van der Waals surface area (Å²) >= 11 is 0. The number of sulfonamides is 1. The maximum absolute atomic E-state index is 13.7. The molecule has 0 bridgehead atoms. The van der Waals surface area contributed by atoms with Crippen LogP contribution in [0.25, 0.3) is 0 Å². The molecule has 1 amide bonds. The highest BCUT2D eigenvalue weighted by Gasteiger charge is 2.30. The number of hydrogen-bond donors (Lipinski definition) is 1. The zero-order valence-electron chi connectivity index (χ0n) is 20.5. The van der Waals surface area contributed by atoms with Gasteiger partial charge in [0.1, 0.15) is 12.3 Å². The van der Waals surface area contributed by atoms with Gasteiger partial charge in [0.25, 0.3) is 10.0 Å². The minimum Gasteiger partial charge on any atom is -0.495 e. The lowest BCUT2D eigenvalue weighted by molar-refractivity contribution is -0.120. The maximum Gasteiger partial charge on any atom is 0.264 e. The summed E-state index contributed by atoms with van der Waals surface area (Å²) in [6.45, 7) is 9.27. The average molecular weight is 481 g/mol. The van der Waals surface area contributed by atoms with Crippen molar-refractivity contribution in [3.05, 3.63) is 88.5 Å². The van der Waals surface area contributed by atoms with Crippen molar-refractivity contribution >= 4 is 21.6 Å². The second kappa shape index (κ2) is 10.3. The normalized spacial score (nSPS) is 12.2. The van der Waals surface area contributed by atoms with Gasteiger partial charge >= 0.3 is 0 Å². The molecule has 0 fully saturated rings. The molecule has 34 heavy (non-hydrogen) atoms. The van der Waals surface area contributed by atoms with Crippen molar-refractivity contribution in [2.24, 2.45) is 0 Å². The average Bonchev–Trinajstić information content (AvgIpc) is 2.77. The lowest BCUT2D eigenvalue weighted by Crippen LogP contribution is -2.41. The molecule has 1 atom stereocenters. The second-order valence-corrected chi connectivity index (χ2v) is 10.5. The molecular formula is C27H32N2O4S. The third kappa shape index (κ3) is 5.59. The van der Waals surface area contributed by atoms with Gasteiger partial charge in [0, 0.05) is 0 Å². The van der Waals surface area contributed by atoms with E-state index in [0.717, 1.165) is 32.1 Å². The number of anilines is 1. The first-order valence-electron chi connectivity index (χ1n) is 11.1. The summed E-state index contributed by atoms with van der Waals surface area (Å²) in [4.78, 5) is 13.3. The minimum atomic E-state index is -4.04. The van der Waals surface area contributed by atoms with Crippen molar-refractivity contribution in [2.45, 2.75) is 45.6 Å². The molecule has 0 unspecified atom stereocenters. The molecular weight excluding hydrogens is 448 g/mol. The van der Waals surface area contributed by atoms with Crippen molar-refractivity contribution in [1.29, 1.82) is 0 Å². The predicted molar refractivity (Wildman–Crippen MR) is 136 cm³/mol. The summed E-state index contributed by atoms with van der Waals surface area (Å²) in [5, 5.41) is 2.96. The number of aryl methyl sites for hydroxylation is 4.